The minimum atomic E-state index is -0.143. The molecule has 0 saturated heterocycles. The van der Waals surface area contributed by atoms with E-state index in [1.165, 1.54) is 0 Å². The SMILES string of the molecule is CC(C)n1c(=O)c2cnc(Nc3ccc4nc(N(C)C)oc4c3)nc2n1-c1ccnc(C(C)(C)C)c1. The van der Waals surface area contributed by atoms with Gasteiger partial charge in [-0.25, -0.2) is 14.3 Å². The van der Waals surface area contributed by atoms with Crippen molar-refractivity contribution in [3.8, 4) is 5.69 Å². The Kier molecular flexibility index (Phi) is 5.54. The lowest BCUT2D eigenvalue weighted by atomic mass is 9.91. The quantitative estimate of drug-likeness (QED) is 0.377. The molecule has 1 aromatic carbocycles. The highest BCUT2D eigenvalue weighted by Crippen LogP contribution is 2.27. The molecule has 0 aliphatic heterocycles. The summed E-state index contributed by atoms with van der Waals surface area (Å²) in [5, 5.41) is 3.69. The van der Waals surface area contributed by atoms with Gasteiger partial charge in [0.15, 0.2) is 11.2 Å². The van der Waals surface area contributed by atoms with Crippen molar-refractivity contribution in [1.29, 1.82) is 0 Å². The first-order valence-electron chi connectivity index (χ1n) is 11.8. The molecule has 4 heterocycles. The summed E-state index contributed by atoms with van der Waals surface area (Å²) in [6, 6.07) is 9.97. The van der Waals surface area contributed by atoms with E-state index in [0.29, 0.717) is 28.6 Å². The van der Waals surface area contributed by atoms with Crippen LogP contribution in [0.4, 0.5) is 17.7 Å². The Bertz CT molecular complexity index is 1640. The van der Waals surface area contributed by atoms with Crippen LogP contribution < -0.4 is 15.8 Å². The molecule has 5 aromatic rings. The molecule has 0 aliphatic carbocycles. The zero-order chi connectivity index (χ0) is 25.8. The second kappa shape index (κ2) is 8.47. The van der Waals surface area contributed by atoms with E-state index in [1.54, 1.807) is 17.1 Å². The van der Waals surface area contributed by atoms with E-state index in [2.05, 4.69) is 41.0 Å². The van der Waals surface area contributed by atoms with Gasteiger partial charge < -0.3 is 14.6 Å². The molecule has 0 spiro atoms. The highest BCUT2D eigenvalue weighted by atomic mass is 16.4. The number of pyridine rings is 1. The van der Waals surface area contributed by atoms with E-state index >= 15 is 0 Å². The van der Waals surface area contributed by atoms with Crippen molar-refractivity contribution in [3.63, 3.8) is 0 Å². The molecule has 186 valence electrons. The molecule has 4 aromatic heterocycles. The first-order chi connectivity index (χ1) is 17.0. The highest BCUT2D eigenvalue weighted by molar-refractivity contribution is 5.81. The van der Waals surface area contributed by atoms with E-state index in [-0.39, 0.29) is 17.0 Å². The fraction of sp³-hybridized carbons (Fsp3) is 0.346. The Hall–Kier alpha value is -4.21. The normalized spacial score (nSPS) is 12.1. The summed E-state index contributed by atoms with van der Waals surface area (Å²) in [7, 11) is 3.76. The van der Waals surface area contributed by atoms with E-state index in [0.717, 1.165) is 22.6 Å². The molecule has 5 rings (SSSR count). The van der Waals surface area contributed by atoms with E-state index in [9.17, 15) is 4.79 Å². The molecule has 0 atom stereocenters. The smallest absolute Gasteiger partial charge is 0.297 e. The van der Waals surface area contributed by atoms with Gasteiger partial charge in [-0.15, -0.1) is 0 Å². The highest BCUT2D eigenvalue weighted by Gasteiger charge is 2.22. The predicted molar refractivity (Wildman–Crippen MR) is 142 cm³/mol. The van der Waals surface area contributed by atoms with Gasteiger partial charge in [-0.3, -0.25) is 9.78 Å². The number of nitrogens with zero attached hydrogens (tertiary/aromatic N) is 7. The summed E-state index contributed by atoms with van der Waals surface area (Å²) < 4.78 is 9.38. The zero-order valence-electron chi connectivity index (χ0n) is 21.6. The van der Waals surface area contributed by atoms with Crippen molar-refractivity contribution < 1.29 is 4.42 Å². The van der Waals surface area contributed by atoms with Crippen molar-refractivity contribution in [2.24, 2.45) is 0 Å². The van der Waals surface area contributed by atoms with Crippen molar-refractivity contribution in [3.05, 3.63) is 58.8 Å². The lowest BCUT2D eigenvalue weighted by molar-refractivity contribution is 0.474. The van der Waals surface area contributed by atoms with Gasteiger partial charge in [0.05, 0.1) is 5.69 Å². The number of hydrogen-bond acceptors (Lipinski definition) is 8. The summed E-state index contributed by atoms with van der Waals surface area (Å²) in [6.45, 7) is 10.3. The van der Waals surface area contributed by atoms with Crippen molar-refractivity contribution in [1.82, 2.24) is 29.3 Å². The summed E-state index contributed by atoms with van der Waals surface area (Å²) in [5.74, 6) is 0.369. The van der Waals surface area contributed by atoms with Crippen LogP contribution in [0.3, 0.4) is 0 Å². The number of hydrogen-bond donors (Lipinski definition) is 1. The number of nitrogens with one attached hydrogen (secondary N) is 1. The molecule has 36 heavy (non-hydrogen) atoms. The lowest BCUT2D eigenvalue weighted by Gasteiger charge is -2.20. The zero-order valence-corrected chi connectivity index (χ0v) is 21.6. The van der Waals surface area contributed by atoms with Crippen LogP contribution in [0, 0.1) is 0 Å². The van der Waals surface area contributed by atoms with Gasteiger partial charge in [0.1, 0.15) is 10.9 Å². The predicted octanol–water partition coefficient (Wildman–Crippen LogP) is 4.81. The number of fused-ring (bicyclic) bond motifs is 2. The molecule has 0 radical (unpaired) electrons. The third-order valence-electron chi connectivity index (χ3n) is 5.88. The molecule has 0 aliphatic rings. The van der Waals surface area contributed by atoms with E-state index < -0.39 is 0 Å². The molecule has 0 saturated carbocycles. The Morgan fingerprint density at radius 2 is 1.83 bits per heavy atom. The summed E-state index contributed by atoms with van der Waals surface area (Å²) in [4.78, 5) is 33.3. The average Bonchev–Trinajstić information content (AvgIpc) is 3.37. The maximum Gasteiger partial charge on any atom is 0.297 e. The minimum Gasteiger partial charge on any atom is -0.423 e. The van der Waals surface area contributed by atoms with Gasteiger partial charge in [-0.05, 0) is 38.1 Å². The fourth-order valence-corrected chi connectivity index (χ4v) is 4.05. The van der Waals surface area contributed by atoms with Crippen LogP contribution in [0.25, 0.3) is 27.8 Å². The lowest BCUT2D eigenvalue weighted by Crippen LogP contribution is -2.24. The molecule has 0 bridgehead atoms. The van der Waals surface area contributed by atoms with Gasteiger partial charge in [0.25, 0.3) is 11.6 Å². The Labute approximate surface area is 208 Å². The van der Waals surface area contributed by atoms with Crippen LogP contribution in [-0.2, 0) is 5.41 Å². The van der Waals surface area contributed by atoms with E-state index in [1.807, 2.05) is 67.9 Å². The monoisotopic (exact) mass is 486 g/mol. The number of anilines is 3. The number of rotatable bonds is 5. The molecule has 0 fully saturated rings. The molecular formula is C26H30N8O2. The number of oxazole rings is 1. The maximum absolute atomic E-state index is 13.3. The molecule has 10 heteroatoms. The van der Waals surface area contributed by atoms with Crippen LogP contribution in [-0.4, -0.2) is 43.4 Å². The van der Waals surface area contributed by atoms with Crippen LogP contribution in [0.5, 0.6) is 0 Å². The van der Waals surface area contributed by atoms with Crippen molar-refractivity contribution in [2.75, 3.05) is 24.3 Å². The molecular weight excluding hydrogens is 456 g/mol. The summed E-state index contributed by atoms with van der Waals surface area (Å²) in [5.41, 5.74) is 4.14. The van der Waals surface area contributed by atoms with Crippen LogP contribution in [0.2, 0.25) is 0 Å². The largest absolute Gasteiger partial charge is 0.423 e. The number of aromatic nitrogens is 6. The van der Waals surface area contributed by atoms with Crippen LogP contribution in [0.15, 0.2) is 51.9 Å². The van der Waals surface area contributed by atoms with Crippen molar-refractivity contribution in [2.45, 2.75) is 46.1 Å². The Morgan fingerprint density at radius 1 is 1.06 bits per heavy atom. The molecule has 1 N–H and O–H groups in total. The second-order valence-electron chi connectivity index (χ2n) is 10.3. The standard InChI is InChI=1S/C26H30N8O2/c1-15(2)33-23(35)18-14-28-24(29-16-8-9-19-20(12-16)36-25(30-19)32(6)7)31-22(18)34(33)17-10-11-27-21(13-17)26(3,4)5/h8-15H,1-7H3,(H,28,29,31). The molecule has 0 unspecified atom stereocenters. The molecule has 0 amide bonds. The maximum atomic E-state index is 13.3. The number of benzene rings is 1. The van der Waals surface area contributed by atoms with Crippen LogP contribution >= 0.6 is 0 Å². The molecule has 10 nitrogen and oxygen atoms in total. The topological polar surface area (TPSA) is 107 Å². The first kappa shape index (κ1) is 23.5. The van der Waals surface area contributed by atoms with Crippen LogP contribution in [0.1, 0.15) is 46.4 Å². The van der Waals surface area contributed by atoms with Gasteiger partial charge in [0, 0.05) is 55.4 Å². The third-order valence-corrected chi connectivity index (χ3v) is 5.88. The van der Waals surface area contributed by atoms with Gasteiger partial charge in [0.2, 0.25) is 5.95 Å². The van der Waals surface area contributed by atoms with E-state index in [4.69, 9.17) is 9.40 Å². The fourth-order valence-electron chi connectivity index (χ4n) is 4.05. The minimum absolute atomic E-state index is 0.0888. The van der Waals surface area contributed by atoms with Crippen molar-refractivity contribution >= 4 is 39.8 Å². The van der Waals surface area contributed by atoms with Gasteiger partial charge in [-0.2, -0.15) is 9.97 Å². The third kappa shape index (κ3) is 4.08. The second-order valence-corrected chi connectivity index (χ2v) is 10.3. The summed E-state index contributed by atoms with van der Waals surface area (Å²) in [6.07, 6.45) is 3.34. The Balaban J connectivity index is 1.62. The van der Waals surface area contributed by atoms with Gasteiger partial charge in [-0.1, -0.05) is 20.8 Å². The Morgan fingerprint density at radius 3 is 2.53 bits per heavy atom. The first-order valence-corrected chi connectivity index (χ1v) is 11.8. The van der Waals surface area contributed by atoms with Gasteiger partial charge >= 0.3 is 0 Å². The average molecular weight is 487 g/mol. The summed E-state index contributed by atoms with van der Waals surface area (Å²) >= 11 is 0.